The zero-order valence-corrected chi connectivity index (χ0v) is 13.8. The fourth-order valence-corrected chi connectivity index (χ4v) is 2.24. The van der Waals surface area contributed by atoms with Gasteiger partial charge in [0.25, 0.3) is 5.89 Å². The van der Waals surface area contributed by atoms with Crippen LogP contribution in [0.5, 0.6) is 5.75 Å². The van der Waals surface area contributed by atoms with Gasteiger partial charge in [-0.15, -0.1) is 0 Å². The fraction of sp³-hybridized carbons (Fsp3) is 0.118. The first kappa shape index (κ1) is 16.9. The lowest BCUT2D eigenvalue weighted by Gasteiger charge is -2.05. The van der Waals surface area contributed by atoms with Crippen molar-refractivity contribution in [3.8, 4) is 17.1 Å². The number of carbonyl (C=O) groups is 1. The topological polar surface area (TPSA) is 74.5 Å². The van der Waals surface area contributed by atoms with E-state index in [1.807, 2.05) is 0 Å². The van der Waals surface area contributed by atoms with Gasteiger partial charge in [-0.3, -0.25) is 0 Å². The van der Waals surface area contributed by atoms with Gasteiger partial charge < -0.3 is 14.0 Å². The van der Waals surface area contributed by atoms with Crippen molar-refractivity contribution in [3.63, 3.8) is 0 Å². The number of halogens is 2. The van der Waals surface area contributed by atoms with Crippen LogP contribution in [0.15, 0.2) is 47.0 Å². The highest BCUT2D eigenvalue weighted by molar-refractivity contribution is 6.30. The predicted octanol–water partition coefficient (Wildman–Crippen LogP) is 3.89. The molecule has 0 N–H and O–H groups in total. The van der Waals surface area contributed by atoms with E-state index in [1.54, 1.807) is 24.3 Å². The monoisotopic (exact) mass is 362 g/mol. The second-order valence-electron chi connectivity index (χ2n) is 4.94. The van der Waals surface area contributed by atoms with Crippen molar-refractivity contribution in [3.05, 3.63) is 64.8 Å². The van der Waals surface area contributed by atoms with Gasteiger partial charge in [0.1, 0.15) is 11.6 Å². The summed E-state index contributed by atoms with van der Waals surface area (Å²) in [5.41, 5.74) is 0.449. The van der Waals surface area contributed by atoms with Crippen molar-refractivity contribution < 1.29 is 23.2 Å². The summed E-state index contributed by atoms with van der Waals surface area (Å²) in [7, 11) is 1.40. The Morgan fingerprint density at radius 2 is 2.12 bits per heavy atom. The van der Waals surface area contributed by atoms with E-state index in [2.05, 4.69) is 10.1 Å². The molecule has 0 amide bonds. The summed E-state index contributed by atoms with van der Waals surface area (Å²) >= 11 is 5.91. The third kappa shape index (κ3) is 3.95. The average molecular weight is 363 g/mol. The highest BCUT2D eigenvalue weighted by Gasteiger charge is 2.16. The Kier molecular flexibility index (Phi) is 4.95. The molecule has 1 heterocycles. The van der Waals surface area contributed by atoms with Crippen LogP contribution in [0.2, 0.25) is 5.02 Å². The maximum atomic E-state index is 13.8. The largest absolute Gasteiger partial charge is 0.497 e. The standard InChI is InChI=1S/C17H12ClFN2O4/c1-23-12-5-6-13(14(19)8-12)17(22)24-9-15-20-16(21-25-15)10-3-2-4-11(18)7-10/h2-8H,9H2,1H3. The zero-order chi connectivity index (χ0) is 17.8. The summed E-state index contributed by atoms with van der Waals surface area (Å²) in [5, 5.41) is 4.32. The van der Waals surface area contributed by atoms with Gasteiger partial charge in [-0.1, -0.05) is 28.9 Å². The third-order valence-corrected chi connectivity index (χ3v) is 3.51. The van der Waals surface area contributed by atoms with Crippen molar-refractivity contribution in [2.24, 2.45) is 0 Å². The molecular weight excluding hydrogens is 351 g/mol. The highest BCUT2D eigenvalue weighted by Crippen LogP contribution is 2.21. The molecule has 0 radical (unpaired) electrons. The van der Waals surface area contributed by atoms with Gasteiger partial charge in [0, 0.05) is 16.7 Å². The molecule has 0 fully saturated rings. The molecule has 0 saturated carbocycles. The van der Waals surface area contributed by atoms with Gasteiger partial charge in [-0.05, 0) is 24.3 Å². The molecule has 0 aliphatic carbocycles. The van der Waals surface area contributed by atoms with E-state index in [0.717, 1.165) is 6.07 Å². The van der Waals surface area contributed by atoms with Crippen molar-refractivity contribution >= 4 is 17.6 Å². The lowest BCUT2D eigenvalue weighted by molar-refractivity contribution is 0.0424. The smallest absolute Gasteiger partial charge is 0.341 e. The van der Waals surface area contributed by atoms with Crippen molar-refractivity contribution in [2.75, 3.05) is 7.11 Å². The van der Waals surface area contributed by atoms with E-state index < -0.39 is 11.8 Å². The van der Waals surface area contributed by atoms with Crippen LogP contribution in [0.3, 0.4) is 0 Å². The fourth-order valence-electron chi connectivity index (χ4n) is 2.05. The Hall–Kier alpha value is -2.93. The van der Waals surface area contributed by atoms with Gasteiger partial charge in [0.15, 0.2) is 6.61 Å². The summed E-state index contributed by atoms with van der Waals surface area (Å²) in [6.07, 6.45) is 0. The molecule has 8 heteroatoms. The number of esters is 1. The number of carbonyl (C=O) groups excluding carboxylic acids is 1. The number of nitrogens with zero attached hydrogens (tertiary/aromatic N) is 2. The lowest BCUT2D eigenvalue weighted by atomic mass is 10.2. The van der Waals surface area contributed by atoms with E-state index in [9.17, 15) is 9.18 Å². The van der Waals surface area contributed by atoms with Crippen molar-refractivity contribution in [1.82, 2.24) is 10.1 Å². The Morgan fingerprint density at radius 1 is 1.28 bits per heavy atom. The van der Waals surface area contributed by atoms with Crippen molar-refractivity contribution in [2.45, 2.75) is 6.61 Å². The van der Waals surface area contributed by atoms with Crippen LogP contribution in [0, 0.1) is 5.82 Å². The number of hydrogen-bond donors (Lipinski definition) is 0. The SMILES string of the molecule is COc1ccc(C(=O)OCc2nc(-c3cccc(Cl)c3)no2)c(F)c1. The van der Waals surface area contributed by atoms with Crippen LogP contribution in [-0.4, -0.2) is 23.2 Å². The summed E-state index contributed by atoms with van der Waals surface area (Å²) in [6, 6.07) is 10.7. The lowest BCUT2D eigenvalue weighted by Crippen LogP contribution is -2.08. The summed E-state index contributed by atoms with van der Waals surface area (Å²) in [6.45, 7) is -0.280. The first-order valence-electron chi connectivity index (χ1n) is 7.16. The molecule has 1 aromatic heterocycles. The Morgan fingerprint density at radius 3 is 2.84 bits per heavy atom. The van der Waals surface area contributed by atoms with Gasteiger partial charge in [-0.25, -0.2) is 9.18 Å². The molecule has 0 atom stereocenters. The zero-order valence-electron chi connectivity index (χ0n) is 13.0. The van der Waals surface area contributed by atoms with Gasteiger partial charge in [-0.2, -0.15) is 4.98 Å². The maximum absolute atomic E-state index is 13.8. The highest BCUT2D eigenvalue weighted by atomic mass is 35.5. The summed E-state index contributed by atoms with van der Waals surface area (Å²) < 4.78 is 28.7. The third-order valence-electron chi connectivity index (χ3n) is 3.27. The molecule has 0 spiro atoms. The van der Waals surface area contributed by atoms with Crippen molar-refractivity contribution in [1.29, 1.82) is 0 Å². The number of aromatic nitrogens is 2. The molecule has 0 bridgehead atoms. The van der Waals surface area contributed by atoms with Crippen LogP contribution < -0.4 is 4.74 Å². The van der Waals surface area contributed by atoms with Gasteiger partial charge >= 0.3 is 5.97 Å². The quantitative estimate of drug-likeness (QED) is 0.641. The molecule has 128 valence electrons. The number of ether oxygens (including phenoxy) is 2. The first-order valence-corrected chi connectivity index (χ1v) is 7.54. The Labute approximate surface area is 147 Å². The van der Waals surface area contributed by atoms with E-state index in [-0.39, 0.29) is 18.1 Å². The molecule has 3 rings (SSSR count). The predicted molar refractivity (Wildman–Crippen MR) is 86.8 cm³/mol. The van der Waals surface area contributed by atoms with E-state index in [1.165, 1.54) is 19.2 Å². The molecule has 2 aromatic carbocycles. The first-order chi connectivity index (χ1) is 12.1. The molecule has 0 aliphatic heterocycles. The van der Waals surface area contributed by atoms with Crippen LogP contribution >= 0.6 is 11.6 Å². The summed E-state index contributed by atoms with van der Waals surface area (Å²) in [4.78, 5) is 16.1. The van der Waals surface area contributed by atoms with Crippen LogP contribution in [0.1, 0.15) is 16.2 Å². The molecule has 6 nitrogen and oxygen atoms in total. The van der Waals surface area contributed by atoms with E-state index in [4.69, 9.17) is 25.6 Å². The second-order valence-corrected chi connectivity index (χ2v) is 5.38. The molecule has 0 saturated heterocycles. The Bertz CT molecular complexity index is 913. The number of rotatable bonds is 5. The van der Waals surface area contributed by atoms with Gasteiger partial charge in [0.05, 0.1) is 12.7 Å². The molecule has 3 aromatic rings. The maximum Gasteiger partial charge on any atom is 0.341 e. The summed E-state index contributed by atoms with van der Waals surface area (Å²) in [5.74, 6) is -0.893. The number of hydrogen-bond acceptors (Lipinski definition) is 6. The van der Waals surface area contributed by atoms with Crippen LogP contribution in [0.4, 0.5) is 4.39 Å². The van der Waals surface area contributed by atoms with E-state index in [0.29, 0.717) is 22.2 Å². The molecular formula is C17H12ClFN2O4. The molecule has 0 aliphatic rings. The van der Waals surface area contributed by atoms with Gasteiger partial charge in [0.2, 0.25) is 5.82 Å². The number of methoxy groups -OCH3 is 1. The average Bonchev–Trinajstić information content (AvgIpc) is 3.08. The minimum atomic E-state index is -0.845. The van der Waals surface area contributed by atoms with Crippen LogP contribution in [0.25, 0.3) is 11.4 Å². The van der Waals surface area contributed by atoms with E-state index >= 15 is 0 Å². The molecule has 0 unspecified atom stereocenters. The Balaban J connectivity index is 1.67. The number of benzene rings is 2. The minimum absolute atomic E-state index is 0.0808. The molecule has 25 heavy (non-hydrogen) atoms. The second kappa shape index (κ2) is 7.31. The van der Waals surface area contributed by atoms with Crippen LogP contribution in [-0.2, 0) is 11.3 Å². The normalized spacial score (nSPS) is 10.5. The minimum Gasteiger partial charge on any atom is -0.497 e.